The Bertz CT molecular complexity index is 672. The van der Waals surface area contributed by atoms with Crippen molar-refractivity contribution in [1.82, 2.24) is 0 Å². The highest BCUT2D eigenvalue weighted by atomic mass is 19.1. The molecule has 0 radical (unpaired) electrons. The number of fused-ring (bicyclic) bond motifs is 1. The molecule has 1 atom stereocenters. The summed E-state index contributed by atoms with van der Waals surface area (Å²) in [7, 11) is 0. The number of ether oxygens (including phenoxy) is 1. The molecular weight excluding hydrogens is 267 g/mol. The molecular formula is C15H12F3NO. The van der Waals surface area contributed by atoms with Gasteiger partial charge in [0.2, 0.25) is 0 Å². The van der Waals surface area contributed by atoms with Gasteiger partial charge in [-0.1, -0.05) is 0 Å². The summed E-state index contributed by atoms with van der Waals surface area (Å²) in [6, 6.07) is 6.32. The first kappa shape index (κ1) is 12.8. The van der Waals surface area contributed by atoms with Gasteiger partial charge in [-0.2, -0.15) is 0 Å². The molecule has 1 unspecified atom stereocenters. The summed E-state index contributed by atoms with van der Waals surface area (Å²) in [6.45, 7) is 1.75. The first-order valence-corrected chi connectivity index (χ1v) is 6.20. The highest BCUT2D eigenvalue weighted by Gasteiger charge is 2.24. The quantitative estimate of drug-likeness (QED) is 0.853. The van der Waals surface area contributed by atoms with Gasteiger partial charge in [0.15, 0.2) is 0 Å². The molecule has 0 bridgehead atoms. The van der Waals surface area contributed by atoms with Crippen LogP contribution in [0.4, 0.5) is 18.9 Å². The third kappa shape index (κ3) is 2.19. The van der Waals surface area contributed by atoms with E-state index < -0.39 is 17.7 Å². The largest absolute Gasteiger partial charge is 0.482 e. The van der Waals surface area contributed by atoms with Crippen molar-refractivity contribution < 1.29 is 17.9 Å². The number of hydrogen-bond donors (Lipinski definition) is 1. The Morgan fingerprint density at radius 3 is 2.70 bits per heavy atom. The van der Waals surface area contributed by atoms with Crippen molar-refractivity contribution in [3.8, 4) is 5.75 Å². The summed E-state index contributed by atoms with van der Waals surface area (Å²) >= 11 is 0. The van der Waals surface area contributed by atoms with Gasteiger partial charge in [-0.3, -0.25) is 0 Å². The Kier molecular flexibility index (Phi) is 3.04. The van der Waals surface area contributed by atoms with Crippen molar-refractivity contribution >= 4 is 5.69 Å². The zero-order valence-electron chi connectivity index (χ0n) is 10.7. The lowest BCUT2D eigenvalue weighted by Gasteiger charge is -2.28. The van der Waals surface area contributed by atoms with E-state index in [0.717, 1.165) is 12.1 Å². The number of benzene rings is 2. The van der Waals surface area contributed by atoms with Crippen LogP contribution in [-0.2, 0) is 0 Å². The fraction of sp³-hybridized carbons (Fsp3) is 0.200. The molecule has 0 aromatic heterocycles. The molecule has 1 heterocycles. The van der Waals surface area contributed by atoms with Crippen molar-refractivity contribution in [3.63, 3.8) is 0 Å². The lowest BCUT2D eigenvalue weighted by atomic mass is 10.0. The second-order valence-electron chi connectivity index (χ2n) is 4.75. The predicted molar refractivity (Wildman–Crippen MR) is 69.4 cm³/mol. The first-order chi connectivity index (χ1) is 9.54. The minimum Gasteiger partial charge on any atom is -0.482 e. The Labute approximate surface area is 114 Å². The van der Waals surface area contributed by atoms with Gasteiger partial charge in [0.25, 0.3) is 0 Å². The SMILES string of the molecule is Cc1cc(F)c(C2CNc3cc(F)ccc3O2)cc1F. The molecule has 2 nitrogen and oxygen atoms in total. The normalized spacial score (nSPS) is 17.1. The van der Waals surface area contributed by atoms with Gasteiger partial charge in [-0.15, -0.1) is 0 Å². The van der Waals surface area contributed by atoms with E-state index in [-0.39, 0.29) is 23.5 Å². The molecule has 2 aromatic rings. The summed E-state index contributed by atoms with van der Waals surface area (Å²) in [5.74, 6) is -0.954. The molecule has 0 spiro atoms. The van der Waals surface area contributed by atoms with E-state index in [1.807, 2.05) is 0 Å². The van der Waals surface area contributed by atoms with Crippen molar-refractivity contribution in [1.29, 1.82) is 0 Å². The number of anilines is 1. The number of hydrogen-bond acceptors (Lipinski definition) is 2. The van der Waals surface area contributed by atoms with Crippen molar-refractivity contribution in [3.05, 3.63) is 58.9 Å². The van der Waals surface area contributed by atoms with Gasteiger partial charge in [0.05, 0.1) is 12.2 Å². The zero-order valence-corrected chi connectivity index (χ0v) is 10.7. The lowest BCUT2D eigenvalue weighted by Crippen LogP contribution is -2.24. The topological polar surface area (TPSA) is 21.3 Å². The number of halogens is 3. The lowest BCUT2D eigenvalue weighted by molar-refractivity contribution is 0.204. The molecule has 1 aliphatic rings. The van der Waals surface area contributed by atoms with E-state index in [2.05, 4.69) is 5.32 Å². The average Bonchev–Trinajstić information content (AvgIpc) is 2.42. The van der Waals surface area contributed by atoms with Crippen LogP contribution in [0.1, 0.15) is 17.2 Å². The van der Waals surface area contributed by atoms with E-state index in [1.54, 1.807) is 0 Å². The molecule has 0 saturated carbocycles. The van der Waals surface area contributed by atoms with Gasteiger partial charge in [0, 0.05) is 11.6 Å². The van der Waals surface area contributed by atoms with E-state index in [1.165, 1.54) is 25.1 Å². The summed E-state index contributed by atoms with van der Waals surface area (Å²) in [4.78, 5) is 0. The van der Waals surface area contributed by atoms with Crippen LogP contribution in [0, 0.1) is 24.4 Å². The molecule has 2 aromatic carbocycles. The maximum Gasteiger partial charge on any atom is 0.144 e. The zero-order chi connectivity index (χ0) is 14.3. The highest BCUT2D eigenvalue weighted by molar-refractivity contribution is 5.58. The molecule has 20 heavy (non-hydrogen) atoms. The van der Waals surface area contributed by atoms with Crippen LogP contribution in [0.15, 0.2) is 30.3 Å². The van der Waals surface area contributed by atoms with Crippen LogP contribution < -0.4 is 10.1 Å². The molecule has 104 valence electrons. The minimum atomic E-state index is -0.650. The van der Waals surface area contributed by atoms with Gasteiger partial charge in [0.1, 0.15) is 29.3 Å². The van der Waals surface area contributed by atoms with Gasteiger partial charge < -0.3 is 10.1 Å². The van der Waals surface area contributed by atoms with Crippen LogP contribution in [0.2, 0.25) is 0 Å². The summed E-state index contributed by atoms with van der Waals surface area (Å²) in [6.07, 6.45) is -0.650. The standard InChI is InChI=1S/C15H12F3NO/c1-8-4-12(18)10(6-11(8)17)15-7-19-13-5-9(16)2-3-14(13)20-15/h2-6,15,19H,7H2,1H3. The predicted octanol–water partition coefficient (Wildman–Crippen LogP) is 3.96. The van der Waals surface area contributed by atoms with Crippen molar-refractivity contribution in [2.45, 2.75) is 13.0 Å². The fourth-order valence-electron chi connectivity index (χ4n) is 2.22. The van der Waals surface area contributed by atoms with Crippen LogP contribution in [0.3, 0.4) is 0 Å². The molecule has 0 amide bonds. The van der Waals surface area contributed by atoms with Gasteiger partial charge >= 0.3 is 0 Å². The van der Waals surface area contributed by atoms with Gasteiger partial charge in [-0.25, -0.2) is 13.2 Å². The van der Waals surface area contributed by atoms with Crippen molar-refractivity contribution in [2.24, 2.45) is 0 Å². The molecule has 0 aliphatic carbocycles. The van der Waals surface area contributed by atoms with E-state index in [9.17, 15) is 13.2 Å². The summed E-state index contributed by atoms with van der Waals surface area (Å²) < 4.78 is 46.2. The Hall–Kier alpha value is -2.17. The minimum absolute atomic E-state index is 0.149. The first-order valence-electron chi connectivity index (χ1n) is 6.20. The monoisotopic (exact) mass is 279 g/mol. The van der Waals surface area contributed by atoms with E-state index in [0.29, 0.717) is 11.4 Å². The molecule has 5 heteroatoms. The second-order valence-corrected chi connectivity index (χ2v) is 4.75. The van der Waals surface area contributed by atoms with Crippen LogP contribution in [0.5, 0.6) is 5.75 Å². The third-order valence-corrected chi connectivity index (χ3v) is 3.31. The summed E-state index contributed by atoms with van der Waals surface area (Å²) in [5, 5.41) is 2.96. The molecule has 1 N–H and O–H groups in total. The fourth-order valence-corrected chi connectivity index (χ4v) is 2.22. The Morgan fingerprint density at radius 1 is 1.10 bits per heavy atom. The number of aryl methyl sites for hydroxylation is 1. The Morgan fingerprint density at radius 2 is 1.90 bits per heavy atom. The molecule has 0 saturated heterocycles. The second kappa shape index (κ2) is 4.74. The van der Waals surface area contributed by atoms with E-state index >= 15 is 0 Å². The van der Waals surface area contributed by atoms with Crippen molar-refractivity contribution in [2.75, 3.05) is 11.9 Å². The third-order valence-electron chi connectivity index (χ3n) is 3.31. The van der Waals surface area contributed by atoms with E-state index in [4.69, 9.17) is 4.74 Å². The molecule has 0 fully saturated rings. The maximum absolute atomic E-state index is 13.9. The van der Waals surface area contributed by atoms with Gasteiger partial charge in [-0.05, 0) is 36.8 Å². The summed E-state index contributed by atoms with van der Waals surface area (Å²) in [5.41, 5.74) is 0.905. The average molecular weight is 279 g/mol. The highest BCUT2D eigenvalue weighted by Crippen LogP contribution is 2.35. The number of rotatable bonds is 1. The molecule has 1 aliphatic heterocycles. The number of nitrogens with one attached hydrogen (secondary N) is 1. The maximum atomic E-state index is 13.9. The van der Waals surface area contributed by atoms with Crippen LogP contribution in [0.25, 0.3) is 0 Å². The van der Waals surface area contributed by atoms with Crippen LogP contribution >= 0.6 is 0 Å². The molecule has 3 rings (SSSR count). The van der Waals surface area contributed by atoms with Crippen LogP contribution in [-0.4, -0.2) is 6.54 Å². The smallest absolute Gasteiger partial charge is 0.144 e. The Balaban J connectivity index is 1.94.